The van der Waals surface area contributed by atoms with Gasteiger partial charge in [0, 0.05) is 34.8 Å². The molecule has 0 saturated heterocycles. The molecule has 7 heteroatoms. The fraction of sp³-hybridized carbons (Fsp3) is 0.429. The zero-order valence-corrected chi connectivity index (χ0v) is 20.1. The van der Waals surface area contributed by atoms with Crippen molar-refractivity contribution in [2.75, 3.05) is 0 Å². The Kier molecular flexibility index (Phi) is 6.29. The third-order valence-corrected chi connectivity index (χ3v) is 7.33. The van der Waals surface area contributed by atoms with E-state index < -0.39 is 5.97 Å². The molecule has 1 amide bonds. The van der Waals surface area contributed by atoms with Crippen molar-refractivity contribution in [3.63, 3.8) is 0 Å². The minimum atomic E-state index is -0.748. The number of amides is 1. The van der Waals surface area contributed by atoms with Crippen LogP contribution in [0.1, 0.15) is 91.5 Å². The number of carbonyl (C=O) groups excluding carboxylic acids is 1. The van der Waals surface area contributed by atoms with E-state index in [9.17, 15) is 14.7 Å². The number of aliphatic carboxylic acids is 1. The van der Waals surface area contributed by atoms with E-state index in [0.29, 0.717) is 37.2 Å². The molecule has 2 N–H and O–H groups in total. The van der Waals surface area contributed by atoms with Gasteiger partial charge in [0.05, 0.1) is 29.2 Å². The monoisotopic (exact) mass is 470 g/mol. The maximum absolute atomic E-state index is 13.4. The second kappa shape index (κ2) is 9.53. The minimum Gasteiger partial charge on any atom is -0.481 e. The van der Waals surface area contributed by atoms with Crippen LogP contribution in [0.3, 0.4) is 0 Å². The lowest BCUT2D eigenvalue weighted by molar-refractivity contribution is -0.142. The molecule has 35 heavy (non-hydrogen) atoms. The van der Waals surface area contributed by atoms with E-state index in [1.54, 1.807) is 13.1 Å². The number of rotatable bonds is 6. The van der Waals surface area contributed by atoms with Crippen molar-refractivity contribution in [2.45, 2.75) is 70.4 Å². The molecule has 0 unspecified atom stereocenters. The largest absolute Gasteiger partial charge is 0.481 e. The average molecular weight is 471 g/mol. The first-order chi connectivity index (χ1) is 17.0. The molecule has 5 rings (SSSR count). The van der Waals surface area contributed by atoms with Gasteiger partial charge in [0.2, 0.25) is 0 Å². The highest BCUT2D eigenvalue weighted by molar-refractivity contribution is 6.07. The quantitative estimate of drug-likeness (QED) is 0.511. The smallest absolute Gasteiger partial charge is 0.306 e. The summed E-state index contributed by atoms with van der Waals surface area (Å²) in [4.78, 5) is 29.4. The second-order valence-electron chi connectivity index (χ2n) is 9.71. The summed E-state index contributed by atoms with van der Waals surface area (Å²) in [7, 11) is 0. The number of nitrogens with zero attached hydrogens (tertiary/aromatic N) is 3. The lowest BCUT2D eigenvalue weighted by atomic mass is 9.86. The van der Waals surface area contributed by atoms with E-state index in [0.717, 1.165) is 27.7 Å². The topological polar surface area (TPSA) is 97.1 Å². The molecule has 1 atom stereocenters. The van der Waals surface area contributed by atoms with Gasteiger partial charge in [-0.2, -0.15) is 5.10 Å². The van der Waals surface area contributed by atoms with Crippen molar-refractivity contribution in [1.29, 1.82) is 0 Å². The Morgan fingerprint density at radius 1 is 1.09 bits per heavy atom. The highest BCUT2D eigenvalue weighted by Gasteiger charge is 2.28. The average Bonchev–Trinajstić information content (AvgIpc) is 3.62. The van der Waals surface area contributed by atoms with Crippen molar-refractivity contribution in [1.82, 2.24) is 20.1 Å². The molecule has 2 saturated carbocycles. The van der Waals surface area contributed by atoms with Gasteiger partial charge in [-0.15, -0.1) is 5.92 Å². The van der Waals surface area contributed by atoms with Crippen LogP contribution in [0.4, 0.5) is 0 Å². The fourth-order valence-corrected chi connectivity index (χ4v) is 5.06. The molecule has 2 aliphatic rings. The van der Waals surface area contributed by atoms with Crippen LogP contribution in [0, 0.1) is 17.8 Å². The third kappa shape index (κ3) is 4.66. The summed E-state index contributed by atoms with van der Waals surface area (Å²) < 4.78 is 1.89. The van der Waals surface area contributed by atoms with E-state index >= 15 is 0 Å². The first kappa shape index (κ1) is 23.1. The molecule has 2 aliphatic carbocycles. The molecule has 1 aromatic carbocycles. The summed E-state index contributed by atoms with van der Waals surface area (Å²) in [5.41, 5.74) is 4.31. The molecule has 0 bridgehead atoms. The molecule has 0 aliphatic heterocycles. The lowest BCUT2D eigenvalue weighted by Crippen LogP contribution is -2.39. The van der Waals surface area contributed by atoms with Gasteiger partial charge in [-0.1, -0.05) is 12.0 Å². The van der Waals surface area contributed by atoms with E-state index in [2.05, 4.69) is 46.3 Å². The molecule has 0 radical (unpaired) electrons. The highest BCUT2D eigenvalue weighted by atomic mass is 16.4. The van der Waals surface area contributed by atoms with Gasteiger partial charge >= 0.3 is 5.97 Å². The molecule has 0 spiro atoms. The fourth-order valence-electron chi connectivity index (χ4n) is 5.06. The van der Waals surface area contributed by atoms with Crippen molar-refractivity contribution in [3.05, 3.63) is 59.0 Å². The summed E-state index contributed by atoms with van der Waals surface area (Å²) >= 11 is 0. The summed E-state index contributed by atoms with van der Waals surface area (Å²) in [5.74, 6) is 5.45. The standard InChI is InChI=1S/C28H30N4O3/c1-3-4-18-9-13-23(27(33)31-22-11-7-20(8-12-22)28(34)35)26-24(18)16-30-32(26)17(2)21-10-14-25(29-15-21)19-5-6-19/h9-10,13-17,19-20,22H,5-8,11-12H2,1-2H3,(H,31,33)(H,34,35)/t17-,20?,22?/m0/s1. The van der Waals surface area contributed by atoms with Crippen molar-refractivity contribution >= 4 is 22.8 Å². The van der Waals surface area contributed by atoms with Gasteiger partial charge in [0.1, 0.15) is 0 Å². The normalized spacial score (nSPS) is 20.6. The van der Waals surface area contributed by atoms with Gasteiger partial charge in [0.15, 0.2) is 0 Å². The Hall–Kier alpha value is -3.66. The number of carbonyl (C=O) groups is 2. The van der Waals surface area contributed by atoms with Crippen LogP contribution in [0.2, 0.25) is 0 Å². The Balaban J connectivity index is 1.46. The number of hydrogen-bond acceptors (Lipinski definition) is 4. The van der Waals surface area contributed by atoms with E-state index in [1.807, 2.05) is 23.0 Å². The zero-order chi connectivity index (χ0) is 24.5. The number of fused-ring (bicyclic) bond motifs is 1. The number of pyridine rings is 1. The van der Waals surface area contributed by atoms with Crippen LogP contribution >= 0.6 is 0 Å². The first-order valence-corrected chi connectivity index (χ1v) is 12.4. The molecular weight excluding hydrogens is 440 g/mol. The van der Waals surface area contributed by atoms with Crippen LogP contribution in [0.5, 0.6) is 0 Å². The van der Waals surface area contributed by atoms with Crippen LogP contribution in [-0.4, -0.2) is 37.8 Å². The van der Waals surface area contributed by atoms with Crippen molar-refractivity contribution < 1.29 is 14.7 Å². The van der Waals surface area contributed by atoms with Crippen LogP contribution in [0.15, 0.2) is 36.7 Å². The van der Waals surface area contributed by atoms with E-state index in [-0.39, 0.29) is 23.9 Å². The molecule has 3 aromatic rings. The van der Waals surface area contributed by atoms with Crippen molar-refractivity contribution in [3.8, 4) is 11.8 Å². The number of benzene rings is 1. The van der Waals surface area contributed by atoms with E-state index in [1.165, 1.54) is 12.8 Å². The predicted molar refractivity (Wildman–Crippen MR) is 133 cm³/mol. The van der Waals surface area contributed by atoms with Gasteiger partial charge in [-0.3, -0.25) is 19.3 Å². The summed E-state index contributed by atoms with van der Waals surface area (Å²) in [6.07, 6.45) is 8.63. The predicted octanol–water partition coefficient (Wildman–Crippen LogP) is 4.66. The Morgan fingerprint density at radius 3 is 2.49 bits per heavy atom. The number of hydrogen-bond donors (Lipinski definition) is 2. The zero-order valence-electron chi connectivity index (χ0n) is 20.1. The van der Waals surface area contributed by atoms with Gasteiger partial charge in [0.25, 0.3) is 5.91 Å². The number of aromatic nitrogens is 3. The minimum absolute atomic E-state index is 0.0313. The second-order valence-corrected chi connectivity index (χ2v) is 9.71. The lowest BCUT2D eigenvalue weighted by Gasteiger charge is -2.27. The summed E-state index contributed by atoms with van der Waals surface area (Å²) in [5, 5.41) is 17.9. The molecule has 180 valence electrons. The summed E-state index contributed by atoms with van der Waals surface area (Å²) in [6.45, 7) is 3.85. The molecule has 2 aromatic heterocycles. The number of carboxylic acid groups (broad SMARTS) is 1. The van der Waals surface area contributed by atoms with Gasteiger partial charge in [-0.25, -0.2) is 0 Å². The molecule has 7 nitrogen and oxygen atoms in total. The Labute approximate surface area is 204 Å². The Bertz CT molecular complexity index is 1320. The molecule has 2 fully saturated rings. The number of nitrogens with one attached hydrogen (secondary N) is 1. The van der Waals surface area contributed by atoms with E-state index in [4.69, 9.17) is 0 Å². The SMILES string of the molecule is CC#Cc1ccc(C(=O)NC2CCC(C(=O)O)CC2)c2c1cnn2[C@@H](C)c1ccc(C2CC2)nc1. The molecule has 2 heterocycles. The van der Waals surface area contributed by atoms with Crippen LogP contribution in [0.25, 0.3) is 10.9 Å². The van der Waals surface area contributed by atoms with Gasteiger partial charge in [-0.05, 0) is 76.1 Å². The number of carboxylic acids is 1. The maximum Gasteiger partial charge on any atom is 0.306 e. The van der Waals surface area contributed by atoms with Crippen molar-refractivity contribution in [2.24, 2.45) is 5.92 Å². The summed E-state index contributed by atoms with van der Waals surface area (Å²) in [6, 6.07) is 7.75. The van der Waals surface area contributed by atoms with Crippen LogP contribution < -0.4 is 5.32 Å². The molecular formula is C28H30N4O3. The highest BCUT2D eigenvalue weighted by Crippen LogP contribution is 2.39. The third-order valence-electron chi connectivity index (χ3n) is 7.33. The van der Waals surface area contributed by atoms with Gasteiger partial charge < -0.3 is 10.4 Å². The first-order valence-electron chi connectivity index (χ1n) is 12.4. The maximum atomic E-state index is 13.4. The Morgan fingerprint density at radius 2 is 1.86 bits per heavy atom. The van der Waals surface area contributed by atoms with Crippen LogP contribution in [-0.2, 0) is 4.79 Å².